The SMILES string of the molecule is CC.CC.CCC.ClC1COCc2ccccc21. The smallest absolute Gasteiger partial charge is 0.0822 e. The lowest BCUT2D eigenvalue weighted by Gasteiger charge is -2.20. The topological polar surface area (TPSA) is 9.23 Å². The van der Waals surface area contributed by atoms with Gasteiger partial charge in [-0.3, -0.25) is 0 Å². The van der Waals surface area contributed by atoms with Gasteiger partial charge >= 0.3 is 0 Å². The van der Waals surface area contributed by atoms with Gasteiger partial charge in [0.05, 0.1) is 18.6 Å². The van der Waals surface area contributed by atoms with Crippen LogP contribution in [0.5, 0.6) is 0 Å². The van der Waals surface area contributed by atoms with Gasteiger partial charge < -0.3 is 4.74 Å². The predicted molar refractivity (Wildman–Crippen MR) is 83.4 cm³/mol. The Morgan fingerprint density at radius 3 is 2.11 bits per heavy atom. The van der Waals surface area contributed by atoms with Crippen molar-refractivity contribution < 1.29 is 4.74 Å². The molecule has 0 saturated carbocycles. The highest BCUT2D eigenvalue weighted by molar-refractivity contribution is 6.21. The highest BCUT2D eigenvalue weighted by atomic mass is 35.5. The third-order valence-electron chi connectivity index (χ3n) is 1.91. The van der Waals surface area contributed by atoms with Crippen LogP contribution in [0.1, 0.15) is 64.5 Å². The van der Waals surface area contributed by atoms with Gasteiger partial charge in [-0.25, -0.2) is 0 Å². The summed E-state index contributed by atoms with van der Waals surface area (Å²) in [4.78, 5) is 0. The van der Waals surface area contributed by atoms with Crippen LogP contribution in [0.25, 0.3) is 0 Å². The molecule has 0 N–H and O–H groups in total. The lowest BCUT2D eigenvalue weighted by Crippen LogP contribution is -2.11. The summed E-state index contributed by atoms with van der Waals surface area (Å²) in [6.45, 7) is 13.6. The van der Waals surface area contributed by atoms with Crippen molar-refractivity contribution in [3.8, 4) is 0 Å². The van der Waals surface area contributed by atoms with E-state index in [4.69, 9.17) is 16.3 Å². The van der Waals surface area contributed by atoms with Gasteiger partial charge in [-0.1, -0.05) is 72.2 Å². The first-order valence-corrected chi connectivity index (χ1v) is 7.52. The number of ether oxygens (including phenoxy) is 1. The zero-order valence-electron chi connectivity index (χ0n) is 12.8. The van der Waals surface area contributed by atoms with Crippen molar-refractivity contribution in [2.24, 2.45) is 0 Å². The zero-order valence-corrected chi connectivity index (χ0v) is 13.6. The van der Waals surface area contributed by atoms with Crippen molar-refractivity contribution >= 4 is 11.6 Å². The second-order valence-corrected chi connectivity index (χ2v) is 3.92. The fraction of sp³-hybridized carbons (Fsp3) is 0.625. The van der Waals surface area contributed by atoms with Crippen molar-refractivity contribution in [2.75, 3.05) is 6.61 Å². The third-order valence-corrected chi connectivity index (χ3v) is 2.28. The molecule has 18 heavy (non-hydrogen) atoms. The summed E-state index contributed by atoms with van der Waals surface area (Å²) in [6, 6.07) is 8.15. The number of fused-ring (bicyclic) bond motifs is 1. The monoisotopic (exact) mass is 272 g/mol. The molecule has 2 rings (SSSR count). The molecule has 0 saturated heterocycles. The molecule has 1 unspecified atom stereocenters. The van der Waals surface area contributed by atoms with E-state index < -0.39 is 0 Å². The van der Waals surface area contributed by atoms with Crippen molar-refractivity contribution in [3.63, 3.8) is 0 Å². The lowest BCUT2D eigenvalue weighted by atomic mass is 10.0. The number of rotatable bonds is 0. The normalized spacial score (nSPS) is 15.6. The maximum absolute atomic E-state index is 6.02. The number of alkyl halides is 1. The fourth-order valence-corrected chi connectivity index (χ4v) is 1.64. The molecular weight excluding hydrogens is 244 g/mol. The van der Waals surface area contributed by atoms with Crippen LogP contribution in [-0.2, 0) is 11.3 Å². The van der Waals surface area contributed by atoms with Crippen molar-refractivity contribution in [1.29, 1.82) is 0 Å². The Morgan fingerprint density at radius 1 is 1.11 bits per heavy atom. The van der Waals surface area contributed by atoms with Crippen LogP contribution in [0.4, 0.5) is 0 Å². The number of halogens is 1. The van der Waals surface area contributed by atoms with Gasteiger partial charge in [0.15, 0.2) is 0 Å². The molecule has 0 aliphatic carbocycles. The number of hydrogen-bond acceptors (Lipinski definition) is 1. The molecule has 1 nitrogen and oxygen atoms in total. The van der Waals surface area contributed by atoms with Crippen LogP contribution in [0.3, 0.4) is 0 Å². The molecule has 2 heteroatoms. The number of hydrogen-bond donors (Lipinski definition) is 0. The maximum atomic E-state index is 6.02. The van der Waals surface area contributed by atoms with E-state index in [0.29, 0.717) is 13.2 Å². The van der Waals surface area contributed by atoms with Gasteiger partial charge in [0.2, 0.25) is 0 Å². The molecular formula is C16H29ClO. The first kappa shape index (κ1) is 19.8. The van der Waals surface area contributed by atoms with Crippen LogP contribution in [0.15, 0.2) is 24.3 Å². The van der Waals surface area contributed by atoms with Gasteiger partial charge in [-0.2, -0.15) is 0 Å². The Morgan fingerprint density at radius 2 is 1.61 bits per heavy atom. The van der Waals surface area contributed by atoms with Gasteiger partial charge in [0.25, 0.3) is 0 Å². The zero-order chi connectivity index (χ0) is 14.4. The Kier molecular flexibility index (Phi) is 16.0. The Hall–Kier alpha value is -0.530. The molecule has 0 bridgehead atoms. The fourth-order valence-electron chi connectivity index (χ4n) is 1.33. The summed E-state index contributed by atoms with van der Waals surface area (Å²) in [5, 5.41) is 0.0416. The molecule has 1 aliphatic heterocycles. The van der Waals surface area contributed by atoms with Crippen molar-refractivity contribution in [3.05, 3.63) is 35.4 Å². The summed E-state index contributed by atoms with van der Waals surface area (Å²) in [5.41, 5.74) is 2.44. The van der Waals surface area contributed by atoms with Gasteiger partial charge in [0.1, 0.15) is 0 Å². The molecule has 106 valence electrons. The quantitative estimate of drug-likeness (QED) is 0.529. The largest absolute Gasteiger partial charge is 0.375 e. The third kappa shape index (κ3) is 7.73. The molecule has 1 heterocycles. The Balaban J connectivity index is 0. The van der Waals surface area contributed by atoms with Crippen LogP contribution in [-0.4, -0.2) is 6.61 Å². The van der Waals surface area contributed by atoms with Gasteiger partial charge in [-0.15, -0.1) is 11.6 Å². The second-order valence-electron chi connectivity index (χ2n) is 3.39. The molecule has 0 fully saturated rings. The molecule has 0 aromatic heterocycles. The van der Waals surface area contributed by atoms with Crippen LogP contribution < -0.4 is 0 Å². The standard InChI is InChI=1S/C9H9ClO.C3H8.2C2H6/c10-9-6-11-5-7-3-1-2-4-8(7)9;1-3-2;2*1-2/h1-4,9H,5-6H2;3H2,1-2H3;2*1-2H3. The molecule has 1 atom stereocenters. The van der Waals surface area contributed by atoms with E-state index in [9.17, 15) is 0 Å². The minimum Gasteiger partial charge on any atom is -0.375 e. The van der Waals surface area contributed by atoms with E-state index >= 15 is 0 Å². The summed E-state index contributed by atoms with van der Waals surface area (Å²) >= 11 is 6.02. The first-order valence-electron chi connectivity index (χ1n) is 7.09. The number of benzene rings is 1. The first-order chi connectivity index (χ1) is 8.79. The summed E-state index contributed by atoms with van der Waals surface area (Å²) in [6.07, 6.45) is 1.25. The summed E-state index contributed by atoms with van der Waals surface area (Å²) < 4.78 is 5.28. The predicted octanol–water partition coefficient (Wildman–Crippen LogP) is 5.97. The average molecular weight is 273 g/mol. The minimum absolute atomic E-state index is 0.0416. The molecule has 0 spiro atoms. The molecule has 1 aromatic rings. The van der Waals surface area contributed by atoms with E-state index in [1.54, 1.807) is 0 Å². The molecule has 0 radical (unpaired) electrons. The van der Waals surface area contributed by atoms with E-state index in [1.807, 2.05) is 39.8 Å². The van der Waals surface area contributed by atoms with Crippen LogP contribution >= 0.6 is 11.6 Å². The average Bonchev–Trinajstić information content (AvgIpc) is 2.45. The van der Waals surface area contributed by atoms with Crippen molar-refractivity contribution in [2.45, 2.75) is 59.9 Å². The summed E-state index contributed by atoms with van der Waals surface area (Å²) in [5.74, 6) is 0. The highest BCUT2D eigenvalue weighted by Crippen LogP contribution is 2.28. The van der Waals surface area contributed by atoms with Gasteiger partial charge in [0, 0.05) is 0 Å². The Bertz CT molecular complexity index is 274. The Labute approximate surface area is 119 Å². The molecule has 1 aliphatic rings. The van der Waals surface area contributed by atoms with Gasteiger partial charge in [-0.05, 0) is 11.1 Å². The van der Waals surface area contributed by atoms with E-state index in [2.05, 4.69) is 26.0 Å². The lowest BCUT2D eigenvalue weighted by molar-refractivity contribution is 0.107. The van der Waals surface area contributed by atoms with E-state index in [-0.39, 0.29) is 5.38 Å². The second kappa shape index (κ2) is 14.5. The summed E-state index contributed by atoms with van der Waals surface area (Å²) in [7, 11) is 0. The molecule has 0 amide bonds. The van der Waals surface area contributed by atoms with E-state index in [1.165, 1.54) is 17.5 Å². The maximum Gasteiger partial charge on any atom is 0.0822 e. The van der Waals surface area contributed by atoms with Crippen LogP contribution in [0, 0.1) is 0 Å². The van der Waals surface area contributed by atoms with E-state index in [0.717, 1.165) is 0 Å². The molecule has 1 aromatic carbocycles. The minimum atomic E-state index is 0.0416. The van der Waals surface area contributed by atoms with Crippen LogP contribution in [0.2, 0.25) is 0 Å². The van der Waals surface area contributed by atoms with Crippen molar-refractivity contribution in [1.82, 2.24) is 0 Å². The highest BCUT2D eigenvalue weighted by Gasteiger charge is 2.16.